The molecule has 3 saturated heterocycles. The predicted octanol–water partition coefficient (Wildman–Crippen LogP) is 4.96. The highest BCUT2D eigenvalue weighted by Crippen LogP contribution is 2.55. The number of nitrogens with zero attached hydrogens (tertiary/aromatic N) is 4. The number of hydrogen-bond donors (Lipinski definition) is 4. The van der Waals surface area contributed by atoms with Gasteiger partial charge < -0.3 is 29.7 Å². The standard InChI is InChI=1S/C49H62ClFN8O7S/c1-7-67(62,63)29-30-11-14-38(35(23-30)36-28-57(6)44(61)42-34(36)15-16-53-42)66-40-10-8-9-39(41(40)51)64-22-21-58-17-19-59(20-18-58)47-54-26-32(27-55-47)43(60)56-45-48(2,3)46(49(45,4)5)65-33-13-12-31(25-52)37(50)24-33/h8-14,23-24,28,32,34,42,45-47,53-55H,7,15-22,26-27,29H2,1-6H3,(H,56,60). The zero-order chi connectivity index (χ0) is 47.8. The topological polar surface area (TPSA) is 178 Å². The van der Waals surface area contributed by atoms with Crippen LogP contribution < -0.4 is 35.5 Å². The fourth-order valence-electron chi connectivity index (χ4n) is 10.8. The number of nitrogens with one attached hydrogen (secondary N) is 4. The molecule has 0 bridgehead atoms. The predicted molar refractivity (Wildman–Crippen MR) is 254 cm³/mol. The normalized spacial score (nSPS) is 26.2. The van der Waals surface area contributed by atoms with E-state index in [1.807, 2.05) is 0 Å². The van der Waals surface area contributed by atoms with Gasteiger partial charge in [-0.15, -0.1) is 0 Å². The highest BCUT2D eigenvalue weighted by atomic mass is 35.5. The first-order valence-corrected chi connectivity index (χ1v) is 25.3. The lowest BCUT2D eigenvalue weighted by Gasteiger charge is -2.63. The Kier molecular flexibility index (Phi) is 14.3. The van der Waals surface area contributed by atoms with E-state index in [1.165, 1.54) is 11.0 Å². The molecule has 0 aromatic heterocycles. The quantitative estimate of drug-likeness (QED) is 0.161. The van der Waals surface area contributed by atoms with Crippen LogP contribution in [0.1, 0.15) is 57.7 Å². The maximum Gasteiger partial charge on any atom is 0.244 e. The molecule has 3 aromatic rings. The van der Waals surface area contributed by atoms with Crippen LogP contribution >= 0.6 is 11.6 Å². The number of hydrogen-bond acceptors (Lipinski definition) is 13. The number of likely N-dealkylation sites (N-methyl/N-ethyl adjacent to an activating group) is 1. The second kappa shape index (κ2) is 19.7. The third kappa shape index (κ3) is 10.2. The summed E-state index contributed by atoms with van der Waals surface area (Å²) in [4.78, 5) is 32.7. The number of halogens is 2. The van der Waals surface area contributed by atoms with Crippen molar-refractivity contribution in [3.8, 4) is 29.1 Å². The highest BCUT2D eigenvalue weighted by molar-refractivity contribution is 7.90. The van der Waals surface area contributed by atoms with Gasteiger partial charge in [-0.2, -0.15) is 9.65 Å². The van der Waals surface area contributed by atoms with E-state index in [4.69, 9.17) is 25.8 Å². The molecule has 3 aromatic carbocycles. The van der Waals surface area contributed by atoms with Gasteiger partial charge in [0.2, 0.25) is 17.6 Å². The molecule has 4 N–H and O–H groups in total. The summed E-state index contributed by atoms with van der Waals surface area (Å²) in [5.74, 6) is -0.266. The summed E-state index contributed by atoms with van der Waals surface area (Å²) < 4.78 is 60.0. The minimum Gasteiger partial charge on any atom is -0.489 e. The largest absolute Gasteiger partial charge is 0.489 e. The Morgan fingerprint density at radius 2 is 1.70 bits per heavy atom. The summed E-state index contributed by atoms with van der Waals surface area (Å²) in [6.07, 6.45) is 2.23. The number of benzene rings is 3. The van der Waals surface area contributed by atoms with E-state index >= 15 is 4.39 Å². The van der Waals surface area contributed by atoms with Gasteiger partial charge in [-0.3, -0.25) is 30.0 Å². The molecule has 67 heavy (non-hydrogen) atoms. The van der Waals surface area contributed by atoms with E-state index in [1.54, 1.807) is 68.7 Å². The maximum absolute atomic E-state index is 16.1. The van der Waals surface area contributed by atoms with Crippen LogP contribution in [0.2, 0.25) is 5.02 Å². The van der Waals surface area contributed by atoms with Crippen molar-refractivity contribution in [2.75, 3.05) is 71.8 Å². The van der Waals surface area contributed by atoms with Gasteiger partial charge in [0.15, 0.2) is 21.3 Å². The van der Waals surface area contributed by atoms with Crippen LogP contribution in [0.3, 0.4) is 0 Å². The molecule has 0 spiro atoms. The van der Waals surface area contributed by atoms with Crippen molar-refractivity contribution in [2.45, 2.75) is 71.3 Å². The van der Waals surface area contributed by atoms with Crippen molar-refractivity contribution in [3.05, 3.63) is 88.3 Å². The lowest BCUT2D eigenvalue weighted by molar-refractivity contribution is -0.174. The lowest BCUT2D eigenvalue weighted by atomic mass is 9.49. The summed E-state index contributed by atoms with van der Waals surface area (Å²) >= 11 is 6.26. The average molecular weight is 962 g/mol. The number of ether oxygens (including phenoxy) is 3. The van der Waals surface area contributed by atoms with Crippen LogP contribution in [0.5, 0.6) is 23.0 Å². The number of amides is 2. The van der Waals surface area contributed by atoms with E-state index in [0.29, 0.717) is 65.8 Å². The Labute approximate surface area is 398 Å². The molecule has 4 aliphatic heterocycles. The molecule has 5 aliphatic rings. The summed E-state index contributed by atoms with van der Waals surface area (Å²) in [5, 5.41) is 23.3. The van der Waals surface area contributed by atoms with Gasteiger partial charge in [0.05, 0.1) is 28.3 Å². The Bertz CT molecular complexity index is 2520. The summed E-state index contributed by atoms with van der Waals surface area (Å²) in [5.41, 5.74) is 1.70. The van der Waals surface area contributed by atoms with E-state index in [0.717, 1.165) is 31.8 Å². The second-order valence-corrected chi connectivity index (χ2v) is 22.3. The smallest absolute Gasteiger partial charge is 0.244 e. The highest BCUT2D eigenvalue weighted by Gasteiger charge is 2.64. The number of carbonyl (C=O) groups is 2. The van der Waals surface area contributed by atoms with E-state index < -0.39 is 21.7 Å². The first kappa shape index (κ1) is 48.6. The van der Waals surface area contributed by atoms with Crippen LogP contribution in [0.15, 0.2) is 60.8 Å². The molecule has 4 fully saturated rings. The van der Waals surface area contributed by atoms with Crippen LogP contribution in [-0.4, -0.2) is 131 Å². The molecule has 360 valence electrons. The second-order valence-electron chi connectivity index (χ2n) is 19.5. The molecular weight excluding hydrogens is 899 g/mol. The van der Waals surface area contributed by atoms with Crippen molar-refractivity contribution in [3.63, 3.8) is 0 Å². The summed E-state index contributed by atoms with van der Waals surface area (Å²) in [6, 6.07) is 16.5. The Morgan fingerprint density at radius 3 is 2.39 bits per heavy atom. The fraction of sp³-hybridized carbons (Fsp3) is 0.531. The van der Waals surface area contributed by atoms with Crippen LogP contribution in [-0.2, 0) is 25.2 Å². The fourth-order valence-corrected chi connectivity index (χ4v) is 11.9. The first-order valence-electron chi connectivity index (χ1n) is 23.1. The third-order valence-electron chi connectivity index (χ3n) is 14.3. The SMILES string of the molecule is CCS(=O)(=O)Cc1ccc(Oc2cccc(OCCN3CCN(C4NCC(C(=O)NC5C(C)(C)C(Oc6ccc(C#N)c(Cl)c6)C5(C)C)CN4)CC3)c2F)c(C2=CN(C)C(=O)C3NCCC23)c1. The molecule has 1 aliphatic carbocycles. The average Bonchev–Trinajstić information content (AvgIpc) is 3.81. The number of carbonyl (C=O) groups excluding carboxylic acids is 2. The number of nitriles is 1. The number of fused-ring (bicyclic) bond motifs is 1. The van der Waals surface area contributed by atoms with Gasteiger partial charge >= 0.3 is 0 Å². The number of piperazine rings is 1. The zero-order valence-electron chi connectivity index (χ0n) is 39.0. The zero-order valence-corrected chi connectivity index (χ0v) is 40.6. The van der Waals surface area contributed by atoms with Crippen molar-refractivity contribution in [1.82, 2.24) is 36.0 Å². The molecule has 2 atom stereocenters. The Morgan fingerprint density at radius 1 is 0.985 bits per heavy atom. The van der Waals surface area contributed by atoms with Gasteiger partial charge in [-0.25, -0.2) is 8.42 Å². The molecule has 2 unspecified atom stereocenters. The first-order chi connectivity index (χ1) is 31.9. The van der Waals surface area contributed by atoms with Crippen molar-refractivity contribution in [1.29, 1.82) is 5.26 Å². The van der Waals surface area contributed by atoms with E-state index in [2.05, 4.69) is 64.8 Å². The van der Waals surface area contributed by atoms with Gasteiger partial charge in [0.25, 0.3) is 0 Å². The van der Waals surface area contributed by atoms with Crippen molar-refractivity contribution in [2.24, 2.45) is 22.7 Å². The van der Waals surface area contributed by atoms with Gasteiger partial charge in [-0.05, 0) is 60.5 Å². The van der Waals surface area contributed by atoms with Crippen LogP contribution in [0.25, 0.3) is 5.57 Å². The molecule has 15 nitrogen and oxygen atoms in total. The molecular formula is C49H62ClFN8O7S. The van der Waals surface area contributed by atoms with Gasteiger partial charge in [-0.1, -0.05) is 58.4 Å². The maximum atomic E-state index is 16.1. The van der Waals surface area contributed by atoms with Crippen LogP contribution in [0.4, 0.5) is 4.39 Å². The van der Waals surface area contributed by atoms with Crippen molar-refractivity contribution >= 4 is 38.8 Å². The molecule has 4 heterocycles. The van der Waals surface area contributed by atoms with Crippen LogP contribution in [0, 0.1) is 39.8 Å². The minimum absolute atomic E-state index is 0.00172. The van der Waals surface area contributed by atoms with Gasteiger partial charge in [0.1, 0.15) is 36.6 Å². The van der Waals surface area contributed by atoms with Gasteiger partial charge in [0, 0.05) is 99.2 Å². The molecule has 0 radical (unpaired) electrons. The minimum atomic E-state index is -3.34. The number of sulfone groups is 1. The van der Waals surface area contributed by atoms with Crippen molar-refractivity contribution < 1.29 is 36.6 Å². The molecule has 8 rings (SSSR count). The Hall–Kier alpha value is -4.80. The van der Waals surface area contributed by atoms with E-state index in [-0.39, 0.29) is 82.5 Å². The monoisotopic (exact) mass is 960 g/mol. The summed E-state index contributed by atoms with van der Waals surface area (Å²) in [6.45, 7) is 15.7. The summed E-state index contributed by atoms with van der Waals surface area (Å²) in [7, 11) is -1.64. The molecule has 18 heteroatoms. The Balaban J connectivity index is 0.809. The number of rotatable bonds is 15. The third-order valence-corrected chi connectivity index (χ3v) is 16.2. The van der Waals surface area contributed by atoms with E-state index in [9.17, 15) is 23.3 Å². The molecule has 2 amide bonds. The molecule has 1 saturated carbocycles. The lowest BCUT2D eigenvalue weighted by Crippen LogP contribution is -2.75.